The maximum atomic E-state index is 13.4. The summed E-state index contributed by atoms with van der Waals surface area (Å²) in [6, 6.07) is 9.91. The molecule has 2 aromatic rings. The van der Waals surface area contributed by atoms with Crippen LogP contribution in [0.4, 0.5) is 0 Å². The molecule has 0 bridgehead atoms. The van der Waals surface area contributed by atoms with Gasteiger partial charge in [-0.1, -0.05) is 24.3 Å². The highest BCUT2D eigenvalue weighted by atomic mass is 32.2. The first-order chi connectivity index (χ1) is 13.7. The van der Waals surface area contributed by atoms with Gasteiger partial charge in [-0.15, -0.1) is 0 Å². The third-order valence-corrected chi connectivity index (χ3v) is 7.97. The molecule has 0 spiro atoms. The van der Waals surface area contributed by atoms with Gasteiger partial charge in [0.1, 0.15) is 5.75 Å². The summed E-state index contributed by atoms with van der Waals surface area (Å²) in [5.74, 6) is 0.785. The highest BCUT2D eigenvalue weighted by molar-refractivity contribution is 7.89. The Morgan fingerprint density at radius 1 is 1.03 bits per heavy atom. The van der Waals surface area contributed by atoms with Crippen LogP contribution >= 0.6 is 0 Å². The zero-order valence-corrected chi connectivity index (χ0v) is 18.8. The molecule has 1 heterocycles. The standard InChI is InChI=1S/C23H31NO4S/c1-16-14-17(2)19(4)22(18(16)3)29(25,26)24-15-23(10-12-28-13-11-23)20-8-6-7-9-21(20)27-5/h6-9,14,24H,10-13,15H2,1-5H3. The van der Waals surface area contributed by atoms with Crippen LogP contribution < -0.4 is 9.46 Å². The predicted molar refractivity (Wildman–Crippen MR) is 115 cm³/mol. The Kier molecular flexibility index (Phi) is 6.36. The van der Waals surface area contributed by atoms with Gasteiger partial charge in [0.15, 0.2) is 0 Å². The van der Waals surface area contributed by atoms with E-state index in [0.29, 0.717) is 24.7 Å². The number of aryl methyl sites for hydroxylation is 2. The molecule has 1 N–H and O–H groups in total. The molecule has 158 valence electrons. The number of para-hydroxylation sites is 1. The molecule has 0 atom stereocenters. The van der Waals surface area contributed by atoms with Gasteiger partial charge >= 0.3 is 0 Å². The fraction of sp³-hybridized carbons (Fsp3) is 0.478. The Morgan fingerprint density at radius 2 is 1.62 bits per heavy atom. The number of nitrogens with one attached hydrogen (secondary N) is 1. The Hall–Kier alpha value is -1.89. The first kappa shape index (κ1) is 21.8. The Bertz CT molecular complexity index is 966. The van der Waals surface area contributed by atoms with Crippen molar-refractivity contribution in [2.75, 3.05) is 26.9 Å². The van der Waals surface area contributed by atoms with Crippen LogP contribution in [0.15, 0.2) is 35.2 Å². The van der Waals surface area contributed by atoms with Crippen molar-refractivity contribution >= 4 is 10.0 Å². The molecule has 0 radical (unpaired) electrons. The van der Waals surface area contributed by atoms with Crippen molar-refractivity contribution in [1.29, 1.82) is 0 Å². The molecular formula is C23H31NO4S. The lowest BCUT2D eigenvalue weighted by Crippen LogP contribution is -2.45. The normalized spacial score (nSPS) is 16.6. The summed E-state index contributed by atoms with van der Waals surface area (Å²) < 4.78 is 40.9. The number of benzene rings is 2. The van der Waals surface area contributed by atoms with Crippen LogP contribution in [0, 0.1) is 27.7 Å². The maximum Gasteiger partial charge on any atom is 0.241 e. The van der Waals surface area contributed by atoms with E-state index in [1.54, 1.807) is 7.11 Å². The van der Waals surface area contributed by atoms with Crippen molar-refractivity contribution in [2.24, 2.45) is 0 Å². The van der Waals surface area contributed by atoms with Gasteiger partial charge in [-0.3, -0.25) is 0 Å². The fourth-order valence-corrected chi connectivity index (χ4v) is 6.01. The monoisotopic (exact) mass is 417 g/mol. The van der Waals surface area contributed by atoms with E-state index >= 15 is 0 Å². The zero-order valence-electron chi connectivity index (χ0n) is 18.0. The van der Waals surface area contributed by atoms with Crippen LogP contribution in [0.3, 0.4) is 0 Å². The van der Waals surface area contributed by atoms with E-state index in [1.807, 2.05) is 58.0 Å². The second kappa shape index (κ2) is 8.46. The highest BCUT2D eigenvalue weighted by Gasteiger charge is 2.38. The SMILES string of the molecule is COc1ccccc1C1(CNS(=O)(=O)c2c(C)c(C)cc(C)c2C)CCOCC1. The molecule has 0 aromatic heterocycles. The lowest BCUT2D eigenvalue weighted by Gasteiger charge is -2.38. The lowest BCUT2D eigenvalue weighted by atomic mass is 9.74. The van der Waals surface area contributed by atoms with Gasteiger partial charge in [-0.2, -0.15) is 0 Å². The van der Waals surface area contributed by atoms with Crippen molar-refractivity contribution in [3.63, 3.8) is 0 Å². The Morgan fingerprint density at radius 3 is 2.21 bits per heavy atom. The van der Waals surface area contributed by atoms with Crippen molar-refractivity contribution in [2.45, 2.75) is 50.8 Å². The first-order valence-corrected chi connectivity index (χ1v) is 11.5. The number of rotatable bonds is 6. The minimum atomic E-state index is -3.66. The molecule has 0 saturated carbocycles. The van der Waals surface area contributed by atoms with E-state index in [1.165, 1.54) is 0 Å². The van der Waals surface area contributed by atoms with Crippen molar-refractivity contribution in [3.8, 4) is 5.75 Å². The lowest BCUT2D eigenvalue weighted by molar-refractivity contribution is 0.0509. The minimum Gasteiger partial charge on any atom is -0.496 e. The molecule has 1 aliphatic rings. The highest BCUT2D eigenvalue weighted by Crippen LogP contribution is 2.40. The summed E-state index contributed by atoms with van der Waals surface area (Å²) in [6.07, 6.45) is 1.47. The molecular weight excluding hydrogens is 386 g/mol. The van der Waals surface area contributed by atoms with Crippen LogP contribution in [0.1, 0.15) is 40.7 Å². The number of hydrogen-bond acceptors (Lipinski definition) is 4. The van der Waals surface area contributed by atoms with E-state index in [-0.39, 0.29) is 5.41 Å². The summed E-state index contributed by atoms with van der Waals surface area (Å²) in [5.41, 5.74) is 4.25. The van der Waals surface area contributed by atoms with E-state index in [0.717, 1.165) is 46.4 Å². The largest absolute Gasteiger partial charge is 0.496 e. The van der Waals surface area contributed by atoms with Crippen LogP contribution in [-0.4, -0.2) is 35.3 Å². The second-order valence-electron chi connectivity index (χ2n) is 8.01. The Labute approximate surface area is 174 Å². The van der Waals surface area contributed by atoms with Gasteiger partial charge in [0.2, 0.25) is 10.0 Å². The summed E-state index contributed by atoms with van der Waals surface area (Å²) >= 11 is 0. The predicted octanol–water partition coefficient (Wildman–Crippen LogP) is 3.96. The maximum absolute atomic E-state index is 13.4. The van der Waals surface area contributed by atoms with Gasteiger partial charge in [-0.05, 0) is 68.9 Å². The van der Waals surface area contributed by atoms with Gasteiger partial charge in [0.05, 0.1) is 12.0 Å². The molecule has 6 heteroatoms. The smallest absolute Gasteiger partial charge is 0.241 e. The van der Waals surface area contributed by atoms with Crippen LogP contribution in [-0.2, 0) is 20.2 Å². The summed E-state index contributed by atoms with van der Waals surface area (Å²) in [6.45, 7) is 9.17. The third-order valence-electron chi connectivity index (χ3n) is 6.29. The Balaban J connectivity index is 1.99. The van der Waals surface area contributed by atoms with E-state index < -0.39 is 10.0 Å². The van der Waals surface area contributed by atoms with E-state index in [2.05, 4.69) is 4.72 Å². The van der Waals surface area contributed by atoms with E-state index in [9.17, 15) is 8.42 Å². The topological polar surface area (TPSA) is 64.6 Å². The fourth-order valence-electron chi connectivity index (χ4n) is 4.28. The van der Waals surface area contributed by atoms with Crippen molar-refractivity contribution in [3.05, 3.63) is 58.1 Å². The third kappa shape index (κ3) is 4.20. The first-order valence-electron chi connectivity index (χ1n) is 10.0. The van der Waals surface area contributed by atoms with Crippen LogP contribution in [0.2, 0.25) is 0 Å². The quantitative estimate of drug-likeness (QED) is 0.773. The molecule has 0 amide bonds. The van der Waals surface area contributed by atoms with Crippen molar-refractivity contribution < 1.29 is 17.9 Å². The second-order valence-corrected chi connectivity index (χ2v) is 9.71. The molecule has 29 heavy (non-hydrogen) atoms. The van der Waals surface area contributed by atoms with Crippen molar-refractivity contribution in [1.82, 2.24) is 4.72 Å². The molecule has 3 rings (SSSR count). The molecule has 1 aliphatic heterocycles. The number of ether oxygens (including phenoxy) is 2. The average Bonchev–Trinajstić information content (AvgIpc) is 2.71. The summed E-state index contributed by atoms with van der Waals surface area (Å²) in [5, 5.41) is 0. The molecule has 5 nitrogen and oxygen atoms in total. The molecule has 2 aromatic carbocycles. The van der Waals surface area contributed by atoms with Crippen LogP contribution in [0.25, 0.3) is 0 Å². The summed E-state index contributed by atoms with van der Waals surface area (Å²) in [7, 11) is -2.01. The van der Waals surface area contributed by atoms with Gasteiger partial charge in [0, 0.05) is 30.7 Å². The molecule has 1 fully saturated rings. The molecule has 0 unspecified atom stereocenters. The summed E-state index contributed by atoms with van der Waals surface area (Å²) in [4.78, 5) is 0.400. The van der Waals surface area contributed by atoms with E-state index in [4.69, 9.17) is 9.47 Å². The molecule has 0 aliphatic carbocycles. The minimum absolute atomic E-state index is 0.310. The number of methoxy groups -OCH3 is 1. The van der Waals surface area contributed by atoms with Gasteiger partial charge < -0.3 is 9.47 Å². The number of sulfonamides is 1. The van der Waals surface area contributed by atoms with Gasteiger partial charge in [0.25, 0.3) is 0 Å². The zero-order chi connectivity index (χ0) is 21.2. The molecule has 1 saturated heterocycles. The average molecular weight is 418 g/mol. The number of hydrogen-bond donors (Lipinski definition) is 1. The van der Waals surface area contributed by atoms with Gasteiger partial charge in [-0.25, -0.2) is 13.1 Å². The van der Waals surface area contributed by atoms with Crippen LogP contribution in [0.5, 0.6) is 5.75 Å².